The monoisotopic (exact) mass is 427 g/mol. The quantitative estimate of drug-likeness (QED) is 0.575. The third-order valence-corrected chi connectivity index (χ3v) is 8.15. The predicted octanol–water partition coefficient (Wildman–Crippen LogP) is 5.79. The van der Waals surface area contributed by atoms with Crippen molar-refractivity contribution in [2.24, 2.45) is 17.8 Å². The molecule has 0 aliphatic heterocycles. The van der Waals surface area contributed by atoms with Crippen LogP contribution in [-0.4, -0.2) is 38.2 Å². The standard InChI is InChI=1S/C27H29N3O2/c1-29(27-13-18-8-19(14-27)10-20(9-18)15-27)26(32)30-16-25(28-17-30)23-6-2-4-21(11-23)22-5-3-7-24(31)12-22/h2-7,11-12,16-20,31H,8-10,13-15H2,1H3. The molecule has 4 fully saturated rings. The lowest BCUT2D eigenvalue weighted by molar-refractivity contribution is -0.0620. The number of phenols is 1. The van der Waals surface area contributed by atoms with Gasteiger partial charge < -0.3 is 10.0 Å². The highest BCUT2D eigenvalue weighted by molar-refractivity contribution is 5.79. The van der Waals surface area contributed by atoms with Gasteiger partial charge in [0.25, 0.3) is 0 Å². The fraction of sp³-hybridized carbons (Fsp3) is 0.407. The Hall–Kier alpha value is -3.08. The van der Waals surface area contributed by atoms with Gasteiger partial charge in [0.15, 0.2) is 0 Å². The summed E-state index contributed by atoms with van der Waals surface area (Å²) in [6, 6.07) is 15.3. The number of carbonyl (C=O) groups is 1. The van der Waals surface area contributed by atoms with E-state index in [0.717, 1.165) is 59.4 Å². The van der Waals surface area contributed by atoms with Crippen molar-refractivity contribution in [1.82, 2.24) is 14.5 Å². The zero-order chi connectivity index (χ0) is 21.9. The molecule has 5 nitrogen and oxygen atoms in total. The maximum Gasteiger partial charge on any atom is 0.329 e. The van der Waals surface area contributed by atoms with Gasteiger partial charge in [-0.2, -0.15) is 0 Å². The largest absolute Gasteiger partial charge is 0.508 e. The Morgan fingerprint density at radius 2 is 1.56 bits per heavy atom. The average molecular weight is 428 g/mol. The maximum atomic E-state index is 13.5. The van der Waals surface area contributed by atoms with Crippen LogP contribution in [0.25, 0.3) is 22.4 Å². The number of rotatable bonds is 3. The van der Waals surface area contributed by atoms with Crippen LogP contribution in [0.1, 0.15) is 38.5 Å². The van der Waals surface area contributed by atoms with Gasteiger partial charge in [-0.05, 0) is 85.6 Å². The van der Waals surface area contributed by atoms with Gasteiger partial charge in [-0.25, -0.2) is 9.78 Å². The number of amides is 1. The molecule has 2 aromatic carbocycles. The van der Waals surface area contributed by atoms with Crippen molar-refractivity contribution in [2.45, 2.75) is 44.1 Å². The number of imidazole rings is 1. The van der Waals surface area contributed by atoms with Crippen molar-refractivity contribution in [3.63, 3.8) is 0 Å². The summed E-state index contributed by atoms with van der Waals surface area (Å²) in [5.41, 5.74) is 3.72. The first-order chi connectivity index (χ1) is 15.5. The van der Waals surface area contributed by atoms with E-state index in [-0.39, 0.29) is 17.3 Å². The summed E-state index contributed by atoms with van der Waals surface area (Å²) < 4.78 is 1.65. The van der Waals surface area contributed by atoms with Gasteiger partial charge in [0, 0.05) is 24.3 Å². The Balaban J connectivity index is 1.25. The molecular formula is C27H29N3O2. The van der Waals surface area contributed by atoms with Gasteiger partial charge >= 0.3 is 6.03 Å². The van der Waals surface area contributed by atoms with Crippen molar-refractivity contribution >= 4 is 6.03 Å². The number of carbonyl (C=O) groups excluding carboxylic acids is 1. The Kier molecular flexibility index (Phi) is 4.42. The van der Waals surface area contributed by atoms with E-state index in [1.807, 2.05) is 48.5 Å². The molecule has 4 saturated carbocycles. The van der Waals surface area contributed by atoms with Crippen molar-refractivity contribution in [1.29, 1.82) is 0 Å². The summed E-state index contributed by atoms with van der Waals surface area (Å²) in [6.07, 6.45) is 11.1. The van der Waals surface area contributed by atoms with Crippen molar-refractivity contribution in [3.05, 3.63) is 61.1 Å². The zero-order valence-electron chi connectivity index (χ0n) is 18.4. The Labute approximate surface area is 188 Å². The number of benzene rings is 2. The Bertz CT molecular complexity index is 1150. The first kappa shape index (κ1) is 19.6. The van der Waals surface area contributed by atoms with Gasteiger partial charge in [0.05, 0.1) is 5.69 Å². The van der Waals surface area contributed by atoms with Crippen LogP contribution in [0, 0.1) is 17.8 Å². The minimum absolute atomic E-state index is 0.0230. The van der Waals surface area contributed by atoms with Crippen LogP contribution in [0.4, 0.5) is 4.79 Å². The predicted molar refractivity (Wildman–Crippen MR) is 124 cm³/mol. The molecule has 5 heteroatoms. The summed E-state index contributed by atoms with van der Waals surface area (Å²) in [5, 5.41) is 9.81. The van der Waals surface area contributed by atoms with Gasteiger partial charge in [-0.3, -0.25) is 4.57 Å². The molecule has 0 saturated heterocycles. The molecule has 164 valence electrons. The minimum atomic E-state index is 0.0230. The van der Waals surface area contributed by atoms with Crippen LogP contribution >= 0.6 is 0 Å². The zero-order valence-corrected chi connectivity index (χ0v) is 18.4. The molecule has 4 bridgehead atoms. The van der Waals surface area contributed by atoms with E-state index in [9.17, 15) is 9.90 Å². The van der Waals surface area contributed by atoms with Gasteiger partial charge in [0.1, 0.15) is 12.1 Å². The second kappa shape index (κ2) is 7.22. The van der Waals surface area contributed by atoms with Crippen LogP contribution in [0.15, 0.2) is 61.1 Å². The molecule has 1 N–H and O–H groups in total. The molecule has 0 atom stereocenters. The van der Waals surface area contributed by atoms with E-state index in [2.05, 4.69) is 11.1 Å². The topological polar surface area (TPSA) is 58.4 Å². The van der Waals surface area contributed by atoms with E-state index in [0.29, 0.717) is 0 Å². The minimum Gasteiger partial charge on any atom is -0.508 e. The molecule has 1 amide bonds. The molecule has 1 aromatic heterocycles. The fourth-order valence-electron chi connectivity index (χ4n) is 6.97. The second-order valence-corrected chi connectivity index (χ2v) is 10.3. The highest BCUT2D eigenvalue weighted by atomic mass is 16.3. The van der Waals surface area contributed by atoms with E-state index >= 15 is 0 Å². The second-order valence-electron chi connectivity index (χ2n) is 10.3. The van der Waals surface area contributed by atoms with Crippen molar-refractivity contribution in [3.8, 4) is 28.1 Å². The lowest BCUT2D eigenvalue weighted by Gasteiger charge is -2.59. The summed E-state index contributed by atoms with van der Waals surface area (Å²) in [5.74, 6) is 2.65. The highest BCUT2D eigenvalue weighted by Crippen LogP contribution is 2.57. The number of hydrogen-bond acceptors (Lipinski definition) is 3. The van der Waals surface area contributed by atoms with E-state index in [1.54, 1.807) is 23.0 Å². The van der Waals surface area contributed by atoms with Gasteiger partial charge in [0.2, 0.25) is 0 Å². The van der Waals surface area contributed by atoms with E-state index in [1.165, 1.54) is 19.3 Å². The number of aromatic nitrogens is 2. The lowest BCUT2D eigenvalue weighted by Crippen LogP contribution is -2.60. The van der Waals surface area contributed by atoms with Gasteiger partial charge in [-0.15, -0.1) is 0 Å². The van der Waals surface area contributed by atoms with Crippen LogP contribution in [0.2, 0.25) is 0 Å². The third-order valence-electron chi connectivity index (χ3n) is 8.15. The first-order valence-electron chi connectivity index (χ1n) is 11.7. The van der Waals surface area contributed by atoms with Crippen LogP contribution in [0.5, 0.6) is 5.75 Å². The van der Waals surface area contributed by atoms with E-state index in [4.69, 9.17) is 0 Å². The summed E-state index contributed by atoms with van der Waals surface area (Å²) in [4.78, 5) is 20.0. The molecule has 1 heterocycles. The Morgan fingerprint density at radius 3 is 2.22 bits per heavy atom. The molecular weight excluding hydrogens is 398 g/mol. The summed E-state index contributed by atoms with van der Waals surface area (Å²) >= 11 is 0. The molecule has 3 aromatic rings. The third kappa shape index (κ3) is 3.22. The first-order valence-corrected chi connectivity index (χ1v) is 11.7. The van der Waals surface area contributed by atoms with E-state index < -0.39 is 0 Å². The molecule has 7 rings (SSSR count). The molecule has 4 aliphatic carbocycles. The van der Waals surface area contributed by atoms with Crippen LogP contribution in [0.3, 0.4) is 0 Å². The average Bonchev–Trinajstić information content (AvgIpc) is 3.28. The van der Waals surface area contributed by atoms with Crippen LogP contribution in [-0.2, 0) is 0 Å². The lowest BCUT2D eigenvalue weighted by atomic mass is 9.52. The maximum absolute atomic E-state index is 13.5. The smallest absolute Gasteiger partial charge is 0.329 e. The normalized spacial score (nSPS) is 28.1. The van der Waals surface area contributed by atoms with Crippen molar-refractivity contribution in [2.75, 3.05) is 7.05 Å². The Morgan fingerprint density at radius 1 is 0.969 bits per heavy atom. The fourth-order valence-corrected chi connectivity index (χ4v) is 6.97. The van der Waals surface area contributed by atoms with Crippen LogP contribution < -0.4 is 0 Å². The number of hydrogen-bond donors (Lipinski definition) is 1. The molecule has 0 unspecified atom stereocenters. The molecule has 0 spiro atoms. The number of nitrogens with zero attached hydrogens (tertiary/aromatic N) is 3. The molecule has 32 heavy (non-hydrogen) atoms. The molecule has 4 aliphatic rings. The SMILES string of the molecule is CN(C(=O)n1cnc(-c2cccc(-c3cccc(O)c3)c2)c1)C12CC3CC(CC(C3)C1)C2. The van der Waals surface area contributed by atoms with Gasteiger partial charge in [-0.1, -0.05) is 30.3 Å². The van der Waals surface area contributed by atoms with Crippen molar-refractivity contribution < 1.29 is 9.90 Å². The molecule has 0 radical (unpaired) electrons. The summed E-state index contributed by atoms with van der Waals surface area (Å²) in [6.45, 7) is 0. The highest BCUT2D eigenvalue weighted by Gasteiger charge is 2.54. The summed E-state index contributed by atoms with van der Waals surface area (Å²) in [7, 11) is 2.00. The number of phenolic OH excluding ortho intramolecular Hbond substituents is 1. The number of aromatic hydroxyl groups is 1.